The van der Waals surface area contributed by atoms with E-state index in [4.69, 9.17) is 0 Å². The van der Waals surface area contributed by atoms with E-state index in [0.717, 1.165) is 43.2 Å². The first kappa shape index (κ1) is 18.8. The third-order valence-electron chi connectivity index (χ3n) is 5.42. The summed E-state index contributed by atoms with van der Waals surface area (Å²) in [7, 11) is 1.22. The molecule has 148 valence electrons. The molecule has 1 amide bonds. The van der Waals surface area contributed by atoms with E-state index in [1.165, 1.54) is 17.5 Å². The molecule has 4 nitrogen and oxygen atoms in total. The Balaban J connectivity index is 1.68. The molecule has 0 aliphatic heterocycles. The Morgan fingerprint density at radius 1 is 1.32 bits per heavy atom. The molecular weight excluding hydrogens is 367 g/mol. The van der Waals surface area contributed by atoms with Gasteiger partial charge in [0.15, 0.2) is 0 Å². The van der Waals surface area contributed by atoms with E-state index in [9.17, 15) is 18.0 Å². The van der Waals surface area contributed by atoms with E-state index in [2.05, 4.69) is 11.2 Å². The van der Waals surface area contributed by atoms with Crippen LogP contribution in [0.15, 0.2) is 30.3 Å². The summed E-state index contributed by atoms with van der Waals surface area (Å²) in [5.74, 6) is -1.73. The van der Waals surface area contributed by atoms with Crippen LogP contribution in [0.25, 0.3) is 5.57 Å². The maximum absolute atomic E-state index is 14.5. The number of carbonyl (C=O) groups is 1. The van der Waals surface area contributed by atoms with Crippen LogP contribution in [0.4, 0.5) is 13.2 Å². The van der Waals surface area contributed by atoms with Crippen molar-refractivity contribution in [1.82, 2.24) is 14.7 Å². The molecule has 0 bridgehead atoms. The van der Waals surface area contributed by atoms with Crippen LogP contribution in [0.5, 0.6) is 0 Å². The Labute approximate surface area is 161 Å². The zero-order valence-electron chi connectivity index (χ0n) is 15.7. The van der Waals surface area contributed by atoms with Crippen molar-refractivity contribution in [2.75, 3.05) is 0 Å². The summed E-state index contributed by atoms with van der Waals surface area (Å²) in [4.78, 5) is 14.6. The molecular formula is C21H22F3N3O. The van der Waals surface area contributed by atoms with Crippen molar-refractivity contribution in [3.63, 3.8) is 0 Å². The SMILES string of the molecule is Cn1nc(C(F)F)c(C(=O)N(Cc2ccccc2C2=CCCC2)C2CC2)c1F. The molecule has 0 spiro atoms. The lowest BCUT2D eigenvalue weighted by Crippen LogP contribution is -2.34. The molecule has 0 radical (unpaired) electrons. The van der Waals surface area contributed by atoms with Crippen molar-refractivity contribution in [2.24, 2.45) is 7.05 Å². The average molecular weight is 389 g/mol. The Hall–Kier alpha value is -2.57. The number of allylic oxidation sites excluding steroid dienone is 2. The van der Waals surface area contributed by atoms with E-state index in [0.29, 0.717) is 4.68 Å². The van der Waals surface area contributed by atoms with E-state index >= 15 is 0 Å². The lowest BCUT2D eigenvalue weighted by molar-refractivity contribution is 0.0712. The van der Waals surface area contributed by atoms with Gasteiger partial charge in [0.2, 0.25) is 5.95 Å². The molecule has 2 aromatic rings. The number of hydrogen-bond acceptors (Lipinski definition) is 2. The average Bonchev–Trinajstić information content (AvgIpc) is 3.28. The molecule has 1 saturated carbocycles. The number of aromatic nitrogens is 2. The van der Waals surface area contributed by atoms with E-state index < -0.39 is 29.5 Å². The topological polar surface area (TPSA) is 38.1 Å². The molecule has 4 rings (SSSR count). The number of aryl methyl sites for hydroxylation is 1. The highest BCUT2D eigenvalue weighted by molar-refractivity contribution is 5.96. The Bertz CT molecular complexity index is 931. The minimum absolute atomic E-state index is 0.0526. The number of amides is 1. The summed E-state index contributed by atoms with van der Waals surface area (Å²) in [6.07, 6.45) is 3.91. The molecule has 1 heterocycles. The van der Waals surface area contributed by atoms with Gasteiger partial charge < -0.3 is 4.90 Å². The van der Waals surface area contributed by atoms with Gasteiger partial charge in [-0.15, -0.1) is 0 Å². The van der Waals surface area contributed by atoms with Gasteiger partial charge in [-0.2, -0.15) is 9.49 Å². The third-order valence-corrected chi connectivity index (χ3v) is 5.42. The Kier molecular flexibility index (Phi) is 5.00. The first-order chi connectivity index (χ1) is 13.5. The molecule has 1 aromatic carbocycles. The molecule has 1 aromatic heterocycles. The predicted molar refractivity (Wildman–Crippen MR) is 99.3 cm³/mol. The van der Waals surface area contributed by atoms with Crippen LogP contribution in [-0.2, 0) is 13.6 Å². The van der Waals surface area contributed by atoms with Gasteiger partial charge in [-0.25, -0.2) is 13.5 Å². The summed E-state index contributed by atoms with van der Waals surface area (Å²) in [6, 6.07) is 7.78. The molecule has 1 fully saturated rings. The van der Waals surface area contributed by atoms with Crippen LogP contribution in [0.2, 0.25) is 0 Å². The molecule has 0 saturated heterocycles. The summed E-state index contributed by atoms with van der Waals surface area (Å²) in [5.41, 5.74) is 1.89. The summed E-state index contributed by atoms with van der Waals surface area (Å²) in [5, 5.41) is 3.52. The fraction of sp³-hybridized carbons (Fsp3) is 0.429. The quantitative estimate of drug-likeness (QED) is 0.707. The number of alkyl halides is 2. The van der Waals surface area contributed by atoms with Crippen molar-refractivity contribution >= 4 is 11.5 Å². The highest BCUT2D eigenvalue weighted by Crippen LogP contribution is 2.35. The van der Waals surface area contributed by atoms with Gasteiger partial charge >= 0.3 is 0 Å². The monoisotopic (exact) mass is 389 g/mol. The molecule has 2 aliphatic rings. The molecule has 2 aliphatic carbocycles. The maximum atomic E-state index is 14.5. The van der Waals surface area contributed by atoms with Crippen LogP contribution in [-0.4, -0.2) is 26.6 Å². The fourth-order valence-electron chi connectivity index (χ4n) is 3.84. The van der Waals surface area contributed by atoms with Crippen molar-refractivity contribution in [1.29, 1.82) is 0 Å². The first-order valence-corrected chi connectivity index (χ1v) is 9.56. The highest BCUT2D eigenvalue weighted by Gasteiger charge is 2.38. The minimum atomic E-state index is -3.01. The lowest BCUT2D eigenvalue weighted by atomic mass is 9.98. The number of carbonyl (C=O) groups excluding carboxylic acids is 1. The molecule has 0 atom stereocenters. The standard InChI is InChI=1S/C21H22F3N3O/c1-26-20(24)17(18(25-26)19(22)23)21(28)27(15-10-11-15)12-14-8-4-5-9-16(14)13-6-2-3-7-13/h4-6,8-9,15,19H,2-3,7,10-12H2,1H3. The zero-order chi connectivity index (χ0) is 19.8. The van der Waals surface area contributed by atoms with Crippen LogP contribution in [0, 0.1) is 5.95 Å². The van der Waals surface area contributed by atoms with Gasteiger partial charge in [-0.3, -0.25) is 4.79 Å². The maximum Gasteiger partial charge on any atom is 0.283 e. The van der Waals surface area contributed by atoms with E-state index in [-0.39, 0.29) is 12.6 Å². The van der Waals surface area contributed by atoms with Gasteiger partial charge in [0.05, 0.1) is 0 Å². The second-order valence-corrected chi connectivity index (χ2v) is 7.42. The summed E-state index contributed by atoms with van der Waals surface area (Å²) < 4.78 is 41.8. The Morgan fingerprint density at radius 3 is 2.71 bits per heavy atom. The summed E-state index contributed by atoms with van der Waals surface area (Å²) in [6.45, 7) is 0.272. The number of nitrogens with zero attached hydrogens (tertiary/aromatic N) is 3. The third kappa shape index (κ3) is 3.45. The van der Waals surface area contributed by atoms with Gasteiger partial charge in [0, 0.05) is 19.6 Å². The highest BCUT2D eigenvalue weighted by atomic mass is 19.3. The molecule has 0 N–H and O–H groups in total. The molecule has 28 heavy (non-hydrogen) atoms. The van der Waals surface area contributed by atoms with Crippen LogP contribution >= 0.6 is 0 Å². The first-order valence-electron chi connectivity index (χ1n) is 9.56. The van der Waals surface area contributed by atoms with E-state index in [1.807, 2.05) is 24.3 Å². The lowest BCUT2D eigenvalue weighted by Gasteiger charge is -2.24. The number of rotatable bonds is 6. The smallest absolute Gasteiger partial charge is 0.283 e. The second kappa shape index (κ2) is 7.45. The van der Waals surface area contributed by atoms with Crippen LogP contribution in [0.1, 0.15) is 65.7 Å². The molecule has 7 heteroatoms. The van der Waals surface area contributed by atoms with Gasteiger partial charge in [-0.1, -0.05) is 30.3 Å². The second-order valence-electron chi connectivity index (χ2n) is 7.42. The zero-order valence-corrected chi connectivity index (χ0v) is 15.7. The number of halogens is 3. The normalized spacial score (nSPS) is 16.5. The van der Waals surface area contributed by atoms with Crippen molar-refractivity contribution in [3.05, 3.63) is 58.7 Å². The van der Waals surface area contributed by atoms with Crippen LogP contribution < -0.4 is 0 Å². The molecule has 0 unspecified atom stereocenters. The minimum Gasteiger partial charge on any atom is -0.331 e. The van der Waals surface area contributed by atoms with Gasteiger partial charge in [0.25, 0.3) is 12.3 Å². The predicted octanol–water partition coefficient (Wildman–Crippen LogP) is 4.87. The summed E-state index contributed by atoms with van der Waals surface area (Å²) >= 11 is 0. The number of benzene rings is 1. The van der Waals surface area contributed by atoms with Gasteiger partial charge in [-0.05, 0) is 48.8 Å². The van der Waals surface area contributed by atoms with Crippen molar-refractivity contribution < 1.29 is 18.0 Å². The largest absolute Gasteiger partial charge is 0.331 e. The van der Waals surface area contributed by atoms with Crippen LogP contribution in [0.3, 0.4) is 0 Å². The Morgan fingerprint density at radius 2 is 2.07 bits per heavy atom. The fourth-order valence-corrected chi connectivity index (χ4v) is 3.84. The van der Waals surface area contributed by atoms with Crippen molar-refractivity contribution in [3.8, 4) is 0 Å². The number of hydrogen-bond donors (Lipinski definition) is 0. The van der Waals surface area contributed by atoms with Gasteiger partial charge in [0.1, 0.15) is 11.3 Å². The van der Waals surface area contributed by atoms with E-state index in [1.54, 1.807) is 0 Å². The van der Waals surface area contributed by atoms with Crippen molar-refractivity contribution in [2.45, 2.75) is 51.1 Å².